The highest BCUT2D eigenvalue weighted by Gasteiger charge is 2.56. The van der Waals surface area contributed by atoms with Crippen molar-refractivity contribution >= 4 is 16.5 Å². The minimum Gasteiger partial charge on any atom is -0.482 e. The number of fused-ring (bicyclic) bond motifs is 2. The Kier molecular flexibility index (Phi) is 5.79. The summed E-state index contributed by atoms with van der Waals surface area (Å²) in [4.78, 5) is 16.3. The van der Waals surface area contributed by atoms with Gasteiger partial charge >= 0.3 is 6.30 Å². The molecule has 0 amide bonds. The van der Waals surface area contributed by atoms with E-state index in [0.29, 0.717) is 18.9 Å². The van der Waals surface area contributed by atoms with Crippen LogP contribution in [0.2, 0.25) is 0 Å². The van der Waals surface area contributed by atoms with E-state index in [1.807, 2.05) is 5.10 Å². The molecule has 0 bridgehead atoms. The standard InChI is InChI=1S/C25H17F6N7O3/c1-37-20(12(7-33-37)14-4-10-15(8-39)35-36-23(40)18(10)19(34-14)22(27)28)17-11(6-32)21-16(5-13(17)26)38(25(29,30)31)9-24(41-21)2-3-24/h4-5,7,22,39H,2-3,8-9H2,1H3,(H,36,40). The van der Waals surface area contributed by atoms with Gasteiger partial charge in [0, 0.05) is 24.1 Å². The second-order valence-corrected chi connectivity index (χ2v) is 9.71. The fourth-order valence-electron chi connectivity index (χ4n) is 5.11. The zero-order chi connectivity index (χ0) is 29.4. The summed E-state index contributed by atoms with van der Waals surface area (Å²) in [5.74, 6) is -1.69. The minimum absolute atomic E-state index is 0.0391. The number of aryl methyl sites for hydroxylation is 1. The van der Waals surface area contributed by atoms with Crippen LogP contribution in [0, 0.1) is 17.1 Å². The average Bonchev–Trinajstić information content (AvgIpc) is 3.56. The molecule has 16 heteroatoms. The van der Waals surface area contributed by atoms with Gasteiger partial charge < -0.3 is 9.84 Å². The van der Waals surface area contributed by atoms with E-state index in [0.717, 1.165) is 10.9 Å². The SMILES string of the molecule is Cn1ncc(-c2cc3c(CO)n[nH]c(=O)c3c(C(F)F)n2)c1-c1c(F)cc2c(c1C#N)OC1(CC1)CN2C(F)(F)F. The first-order valence-electron chi connectivity index (χ1n) is 12.0. The lowest BCUT2D eigenvalue weighted by atomic mass is 9.96. The molecule has 1 fully saturated rings. The van der Waals surface area contributed by atoms with Crippen molar-refractivity contribution in [3.05, 3.63) is 51.5 Å². The Morgan fingerprint density at radius 2 is 2.02 bits per heavy atom. The second-order valence-electron chi connectivity index (χ2n) is 9.71. The summed E-state index contributed by atoms with van der Waals surface area (Å²) < 4.78 is 92.7. The van der Waals surface area contributed by atoms with E-state index in [1.165, 1.54) is 13.1 Å². The molecule has 4 aromatic rings. The molecule has 6 rings (SSSR count). The van der Waals surface area contributed by atoms with Crippen LogP contribution in [0.15, 0.2) is 23.1 Å². The van der Waals surface area contributed by atoms with E-state index in [1.54, 1.807) is 6.07 Å². The predicted molar refractivity (Wildman–Crippen MR) is 129 cm³/mol. The zero-order valence-corrected chi connectivity index (χ0v) is 20.9. The Balaban J connectivity index is 1.63. The Morgan fingerprint density at radius 3 is 2.63 bits per heavy atom. The normalized spacial score (nSPS) is 15.8. The lowest BCUT2D eigenvalue weighted by molar-refractivity contribution is -0.135. The summed E-state index contributed by atoms with van der Waals surface area (Å²) in [5, 5.41) is 28.9. The number of H-pyrrole nitrogens is 1. The van der Waals surface area contributed by atoms with Crippen molar-refractivity contribution in [2.75, 3.05) is 11.4 Å². The summed E-state index contributed by atoms with van der Waals surface area (Å²) >= 11 is 0. The molecule has 0 saturated heterocycles. The molecule has 10 nitrogen and oxygen atoms in total. The predicted octanol–water partition coefficient (Wildman–Crippen LogP) is 4.08. The number of nitrogens with one attached hydrogen (secondary N) is 1. The third-order valence-corrected chi connectivity index (χ3v) is 7.18. The number of aromatic amines is 1. The Morgan fingerprint density at radius 1 is 1.29 bits per heavy atom. The van der Waals surface area contributed by atoms with Gasteiger partial charge in [-0.25, -0.2) is 23.3 Å². The lowest BCUT2D eigenvalue weighted by Gasteiger charge is -2.38. The number of benzene rings is 1. The quantitative estimate of drug-likeness (QED) is 0.274. The van der Waals surface area contributed by atoms with Crippen molar-refractivity contribution < 1.29 is 36.2 Å². The molecule has 1 aliphatic carbocycles. The number of aliphatic hydroxyl groups excluding tert-OH is 1. The molecule has 41 heavy (non-hydrogen) atoms. The number of halogens is 6. The third kappa shape index (κ3) is 4.06. The number of nitrogens with zero attached hydrogens (tertiary/aromatic N) is 6. The van der Waals surface area contributed by atoms with Crippen LogP contribution in [-0.2, 0) is 13.7 Å². The van der Waals surface area contributed by atoms with Crippen molar-refractivity contribution in [2.45, 2.75) is 37.8 Å². The molecule has 0 radical (unpaired) electrons. The lowest BCUT2D eigenvalue weighted by Crippen LogP contribution is -2.49. The molecule has 1 saturated carbocycles. The summed E-state index contributed by atoms with van der Waals surface area (Å²) in [6.45, 7) is -1.30. The van der Waals surface area contributed by atoms with Gasteiger partial charge in [0.1, 0.15) is 28.7 Å². The van der Waals surface area contributed by atoms with E-state index < -0.39 is 76.5 Å². The van der Waals surface area contributed by atoms with Crippen molar-refractivity contribution in [3.8, 4) is 34.3 Å². The van der Waals surface area contributed by atoms with Crippen LogP contribution >= 0.6 is 0 Å². The van der Waals surface area contributed by atoms with Gasteiger partial charge in [0.2, 0.25) is 0 Å². The number of ether oxygens (including phenoxy) is 1. The maximum Gasteiger partial charge on any atom is 0.485 e. The summed E-state index contributed by atoms with van der Waals surface area (Å²) in [5.41, 5.74) is -5.46. The van der Waals surface area contributed by atoms with Crippen LogP contribution in [0.25, 0.3) is 33.3 Å². The number of hydrogen-bond acceptors (Lipinski definition) is 8. The van der Waals surface area contributed by atoms with Crippen molar-refractivity contribution in [1.82, 2.24) is 25.0 Å². The summed E-state index contributed by atoms with van der Waals surface area (Å²) in [7, 11) is 1.35. The zero-order valence-electron chi connectivity index (χ0n) is 20.9. The number of alkyl halides is 5. The van der Waals surface area contributed by atoms with Crippen molar-refractivity contribution in [2.24, 2.45) is 7.05 Å². The van der Waals surface area contributed by atoms with Crippen LogP contribution in [-0.4, -0.2) is 48.5 Å². The average molecular weight is 577 g/mol. The maximum atomic E-state index is 15.8. The van der Waals surface area contributed by atoms with Gasteiger partial charge in [0.15, 0.2) is 5.75 Å². The number of anilines is 1. The Labute approximate surface area is 225 Å². The van der Waals surface area contributed by atoms with E-state index in [-0.39, 0.29) is 32.9 Å². The van der Waals surface area contributed by atoms with E-state index >= 15 is 4.39 Å². The van der Waals surface area contributed by atoms with Crippen molar-refractivity contribution in [1.29, 1.82) is 5.26 Å². The number of rotatable bonds is 4. The molecule has 3 aromatic heterocycles. The number of aromatic nitrogens is 5. The highest BCUT2D eigenvalue weighted by Crippen LogP contribution is 2.54. The minimum atomic E-state index is -4.89. The smallest absolute Gasteiger partial charge is 0.482 e. The number of aliphatic hydroxyl groups is 1. The first-order valence-corrected chi connectivity index (χ1v) is 12.0. The number of nitriles is 1. The van der Waals surface area contributed by atoms with Crippen LogP contribution in [0.4, 0.5) is 32.0 Å². The van der Waals surface area contributed by atoms with E-state index in [2.05, 4.69) is 15.2 Å². The molecule has 2 aliphatic rings. The molecular formula is C25H17F6N7O3. The molecule has 2 N–H and O–H groups in total. The van der Waals surface area contributed by atoms with Gasteiger partial charge in [-0.05, 0) is 18.9 Å². The largest absolute Gasteiger partial charge is 0.485 e. The number of pyridine rings is 1. The first-order chi connectivity index (χ1) is 19.4. The van der Waals surface area contributed by atoms with Crippen LogP contribution in [0.5, 0.6) is 5.75 Å². The van der Waals surface area contributed by atoms with Crippen LogP contribution < -0.4 is 15.2 Å². The van der Waals surface area contributed by atoms with E-state index in [9.17, 15) is 37.1 Å². The highest BCUT2D eigenvalue weighted by atomic mass is 19.4. The van der Waals surface area contributed by atoms with Gasteiger partial charge in [-0.2, -0.15) is 28.6 Å². The maximum absolute atomic E-state index is 15.8. The molecule has 0 atom stereocenters. The summed E-state index contributed by atoms with van der Waals surface area (Å²) in [6.07, 6.45) is -6.40. The molecule has 4 heterocycles. The number of hydrogen-bond donors (Lipinski definition) is 2. The van der Waals surface area contributed by atoms with Gasteiger partial charge in [-0.15, -0.1) is 0 Å². The molecule has 1 spiro atoms. The summed E-state index contributed by atoms with van der Waals surface area (Å²) in [6, 6.07) is 3.54. The fourth-order valence-corrected chi connectivity index (χ4v) is 5.11. The molecule has 0 unspecified atom stereocenters. The third-order valence-electron chi connectivity index (χ3n) is 7.18. The first kappa shape index (κ1) is 26.6. The molecule has 1 aromatic carbocycles. The van der Waals surface area contributed by atoms with E-state index in [4.69, 9.17) is 4.74 Å². The van der Waals surface area contributed by atoms with Crippen LogP contribution in [0.3, 0.4) is 0 Å². The molecular weight excluding hydrogens is 560 g/mol. The van der Waals surface area contributed by atoms with Gasteiger partial charge in [-0.1, -0.05) is 0 Å². The van der Waals surface area contributed by atoms with Gasteiger partial charge in [-0.3, -0.25) is 14.4 Å². The van der Waals surface area contributed by atoms with Crippen molar-refractivity contribution in [3.63, 3.8) is 0 Å². The van der Waals surface area contributed by atoms with Gasteiger partial charge in [0.25, 0.3) is 12.0 Å². The second kappa shape index (κ2) is 8.93. The van der Waals surface area contributed by atoms with Crippen LogP contribution in [0.1, 0.15) is 36.2 Å². The topological polar surface area (TPSA) is 133 Å². The van der Waals surface area contributed by atoms with Gasteiger partial charge in [0.05, 0.1) is 53.1 Å². The fraction of sp³-hybridized carbons (Fsp3) is 0.320. The Bertz CT molecular complexity index is 1840. The molecule has 212 valence electrons. The molecule has 1 aliphatic heterocycles. The highest BCUT2D eigenvalue weighted by molar-refractivity contribution is 5.92. The Hall–Kier alpha value is -4.65. The monoisotopic (exact) mass is 577 g/mol.